The van der Waals surface area contributed by atoms with Crippen LogP contribution in [0.5, 0.6) is 0 Å². The molecule has 3 heteroatoms. The highest BCUT2D eigenvalue weighted by molar-refractivity contribution is 9.10. The first-order valence-corrected chi connectivity index (χ1v) is 6.85. The minimum Gasteiger partial charge on any atom is -0.0890 e. The topological polar surface area (TPSA) is 0 Å². The lowest BCUT2D eigenvalue weighted by atomic mass is 9.98. The minimum atomic E-state index is 0.613. The van der Waals surface area contributed by atoms with Gasteiger partial charge in [0.25, 0.3) is 0 Å². The van der Waals surface area contributed by atoms with E-state index in [1.54, 1.807) is 0 Å². The number of benzene rings is 1. The van der Waals surface area contributed by atoms with Gasteiger partial charge in [-0.05, 0) is 42.9 Å². The number of hydrogen-bond donors (Lipinski definition) is 0. The van der Waals surface area contributed by atoms with Crippen LogP contribution in [-0.2, 0) is 0 Å². The summed E-state index contributed by atoms with van der Waals surface area (Å²) in [5.74, 6) is 0.613. The molecule has 1 aliphatic rings. The van der Waals surface area contributed by atoms with Crippen LogP contribution in [0.15, 0.2) is 22.7 Å². The Morgan fingerprint density at radius 2 is 2.07 bits per heavy atom. The summed E-state index contributed by atoms with van der Waals surface area (Å²) in [4.78, 5) is 0.663. The van der Waals surface area contributed by atoms with E-state index in [1.165, 1.54) is 24.8 Å². The van der Waals surface area contributed by atoms with Crippen LogP contribution in [0.4, 0.5) is 0 Å². The third-order valence-corrected chi connectivity index (χ3v) is 4.63. The molecule has 1 aromatic rings. The highest BCUT2D eigenvalue weighted by Gasteiger charge is 2.26. The lowest BCUT2D eigenvalue weighted by Gasteiger charge is -2.13. The SMILES string of the molecule is Clc1cccc(Br)c1C1CCC(Br)C1. The monoisotopic (exact) mass is 336 g/mol. The molecular formula is C11H11Br2Cl. The fraction of sp³-hybridized carbons (Fsp3) is 0.455. The standard InChI is InChI=1S/C11H11Br2Cl/c12-8-5-4-7(6-8)11-9(13)2-1-3-10(11)14/h1-3,7-8H,4-6H2. The van der Waals surface area contributed by atoms with E-state index >= 15 is 0 Å². The smallest absolute Gasteiger partial charge is 0.0452 e. The van der Waals surface area contributed by atoms with E-state index in [0.717, 1.165) is 9.50 Å². The van der Waals surface area contributed by atoms with Gasteiger partial charge in [-0.15, -0.1) is 0 Å². The van der Waals surface area contributed by atoms with E-state index in [-0.39, 0.29) is 0 Å². The van der Waals surface area contributed by atoms with E-state index in [9.17, 15) is 0 Å². The van der Waals surface area contributed by atoms with Crippen molar-refractivity contribution < 1.29 is 0 Å². The van der Waals surface area contributed by atoms with Crippen LogP contribution < -0.4 is 0 Å². The molecule has 0 bridgehead atoms. The molecule has 1 saturated carbocycles. The van der Waals surface area contributed by atoms with Crippen LogP contribution in [0.1, 0.15) is 30.7 Å². The summed E-state index contributed by atoms with van der Waals surface area (Å²) < 4.78 is 1.15. The molecule has 0 radical (unpaired) electrons. The molecule has 2 rings (SSSR count). The Kier molecular flexibility index (Phi) is 3.56. The van der Waals surface area contributed by atoms with Crippen molar-refractivity contribution in [1.82, 2.24) is 0 Å². The molecule has 0 nitrogen and oxygen atoms in total. The minimum absolute atomic E-state index is 0.613. The molecule has 2 unspecified atom stereocenters. The van der Waals surface area contributed by atoms with Gasteiger partial charge in [-0.2, -0.15) is 0 Å². The molecule has 1 aliphatic carbocycles. The maximum Gasteiger partial charge on any atom is 0.0452 e. The fourth-order valence-corrected chi connectivity index (χ4v) is 3.94. The van der Waals surface area contributed by atoms with Gasteiger partial charge in [0.15, 0.2) is 0 Å². The van der Waals surface area contributed by atoms with Crippen LogP contribution in [0.2, 0.25) is 5.02 Å². The average molecular weight is 338 g/mol. The zero-order valence-electron chi connectivity index (χ0n) is 7.64. The zero-order valence-corrected chi connectivity index (χ0v) is 11.6. The molecular weight excluding hydrogens is 327 g/mol. The Hall–Kier alpha value is 0.470. The normalized spacial score (nSPS) is 26.8. The third-order valence-electron chi connectivity index (χ3n) is 2.78. The van der Waals surface area contributed by atoms with E-state index in [0.29, 0.717) is 10.7 Å². The van der Waals surface area contributed by atoms with Crippen molar-refractivity contribution in [1.29, 1.82) is 0 Å². The molecule has 1 aromatic carbocycles. The second-order valence-corrected chi connectivity index (χ2v) is 6.30. The quantitative estimate of drug-likeness (QED) is 0.623. The van der Waals surface area contributed by atoms with Gasteiger partial charge in [0.1, 0.15) is 0 Å². The maximum atomic E-state index is 6.21. The molecule has 0 saturated heterocycles. The summed E-state index contributed by atoms with van der Waals surface area (Å²) in [5, 5.41) is 0.894. The Balaban J connectivity index is 2.31. The van der Waals surface area contributed by atoms with Gasteiger partial charge >= 0.3 is 0 Å². The van der Waals surface area contributed by atoms with Gasteiger partial charge in [0.2, 0.25) is 0 Å². The number of alkyl halides is 1. The van der Waals surface area contributed by atoms with Crippen LogP contribution in [0.25, 0.3) is 0 Å². The van der Waals surface area contributed by atoms with Gasteiger partial charge in [0.05, 0.1) is 0 Å². The third kappa shape index (κ3) is 2.17. The molecule has 0 heterocycles. The van der Waals surface area contributed by atoms with Crippen molar-refractivity contribution in [3.05, 3.63) is 33.3 Å². The summed E-state index contributed by atoms with van der Waals surface area (Å²) in [6, 6.07) is 6.03. The summed E-state index contributed by atoms with van der Waals surface area (Å²) in [6.45, 7) is 0. The summed E-state index contributed by atoms with van der Waals surface area (Å²) in [5.41, 5.74) is 1.29. The zero-order chi connectivity index (χ0) is 10.1. The Morgan fingerprint density at radius 3 is 2.64 bits per heavy atom. The number of rotatable bonds is 1. The first-order valence-electron chi connectivity index (χ1n) is 4.76. The predicted molar refractivity (Wildman–Crippen MR) is 68.5 cm³/mol. The van der Waals surface area contributed by atoms with Gasteiger partial charge < -0.3 is 0 Å². The van der Waals surface area contributed by atoms with Crippen molar-refractivity contribution in [2.24, 2.45) is 0 Å². The number of halogens is 3. The van der Waals surface area contributed by atoms with Crippen molar-refractivity contribution in [2.45, 2.75) is 30.0 Å². The second-order valence-electron chi connectivity index (χ2n) is 3.74. The Bertz CT molecular complexity index is 318. The lowest BCUT2D eigenvalue weighted by Crippen LogP contribution is -1.96. The van der Waals surface area contributed by atoms with Crippen LogP contribution in [-0.4, -0.2) is 4.83 Å². The van der Waals surface area contributed by atoms with Crippen molar-refractivity contribution >= 4 is 43.5 Å². The molecule has 76 valence electrons. The van der Waals surface area contributed by atoms with Crippen LogP contribution >= 0.6 is 43.5 Å². The van der Waals surface area contributed by atoms with E-state index in [4.69, 9.17) is 11.6 Å². The molecule has 14 heavy (non-hydrogen) atoms. The molecule has 1 fully saturated rings. The Labute approximate surface area is 106 Å². The second kappa shape index (κ2) is 4.54. The largest absolute Gasteiger partial charge is 0.0890 e. The Morgan fingerprint density at radius 1 is 1.29 bits per heavy atom. The molecule has 0 amide bonds. The molecule has 0 aromatic heterocycles. The van der Waals surface area contributed by atoms with Crippen LogP contribution in [0, 0.1) is 0 Å². The highest BCUT2D eigenvalue weighted by Crippen LogP contribution is 2.43. The van der Waals surface area contributed by atoms with Gasteiger partial charge in [-0.3, -0.25) is 0 Å². The highest BCUT2D eigenvalue weighted by atomic mass is 79.9. The van der Waals surface area contributed by atoms with Crippen molar-refractivity contribution in [3.8, 4) is 0 Å². The number of hydrogen-bond acceptors (Lipinski definition) is 0. The van der Waals surface area contributed by atoms with E-state index in [2.05, 4.69) is 37.9 Å². The van der Waals surface area contributed by atoms with Crippen LogP contribution in [0.3, 0.4) is 0 Å². The predicted octanol–water partition coefficient (Wildman–Crippen LogP) is 5.13. The molecule has 0 N–H and O–H groups in total. The van der Waals surface area contributed by atoms with Crippen molar-refractivity contribution in [3.63, 3.8) is 0 Å². The van der Waals surface area contributed by atoms with Gasteiger partial charge in [0, 0.05) is 14.3 Å². The summed E-state index contributed by atoms with van der Waals surface area (Å²) in [7, 11) is 0. The van der Waals surface area contributed by atoms with Crippen molar-refractivity contribution in [2.75, 3.05) is 0 Å². The van der Waals surface area contributed by atoms with E-state index in [1.807, 2.05) is 12.1 Å². The summed E-state index contributed by atoms with van der Waals surface area (Å²) >= 11 is 13.5. The van der Waals surface area contributed by atoms with Gasteiger partial charge in [-0.1, -0.05) is 49.5 Å². The molecule has 0 aliphatic heterocycles. The molecule has 0 spiro atoms. The van der Waals surface area contributed by atoms with Gasteiger partial charge in [-0.25, -0.2) is 0 Å². The van der Waals surface area contributed by atoms with E-state index < -0.39 is 0 Å². The summed E-state index contributed by atoms with van der Waals surface area (Å²) in [6.07, 6.45) is 3.68. The maximum absolute atomic E-state index is 6.21. The fourth-order valence-electron chi connectivity index (χ4n) is 2.09. The first-order chi connectivity index (χ1) is 6.68. The lowest BCUT2D eigenvalue weighted by molar-refractivity contribution is 0.722. The first kappa shape index (κ1) is 11.0. The average Bonchev–Trinajstić information content (AvgIpc) is 2.51. The molecule has 2 atom stereocenters.